The van der Waals surface area contributed by atoms with Crippen molar-refractivity contribution in [2.75, 3.05) is 5.73 Å². The Morgan fingerprint density at radius 1 is 1.19 bits per heavy atom. The number of nitrogen functional groups attached to an aromatic ring is 1. The van der Waals surface area contributed by atoms with Crippen LogP contribution in [0.1, 0.15) is 5.56 Å². The average Bonchev–Trinajstić information content (AvgIpc) is 2.25. The number of rotatable bonds is 2. The first-order valence-electron chi connectivity index (χ1n) is 4.85. The molecule has 0 spiro atoms. The lowest BCUT2D eigenvalue weighted by Crippen LogP contribution is -2.05. The third-order valence-electron chi connectivity index (χ3n) is 2.29. The molecule has 4 heteroatoms. The van der Waals surface area contributed by atoms with Gasteiger partial charge in [-0.2, -0.15) is 0 Å². The largest absolute Gasteiger partial charge is 0.399 e. The zero-order chi connectivity index (χ0) is 11.5. The van der Waals surface area contributed by atoms with Crippen LogP contribution in [0.3, 0.4) is 0 Å². The van der Waals surface area contributed by atoms with Crippen molar-refractivity contribution in [3.05, 3.63) is 63.0 Å². The normalized spacial score (nSPS) is 10.3. The molecule has 0 aliphatic carbocycles. The minimum Gasteiger partial charge on any atom is -0.399 e. The summed E-state index contributed by atoms with van der Waals surface area (Å²) < 4.78 is 2.92. The minimum atomic E-state index is 0.0209. The van der Waals surface area contributed by atoms with Crippen molar-refractivity contribution in [1.29, 1.82) is 0 Å². The highest BCUT2D eigenvalue weighted by atomic mass is 79.9. The van der Waals surface area contributed by atoms with Gasteiger partial charge in [-0.1, -0.05) is 22.0 Å². The van der Waals surface area contributed by atoms with Gasteiger partial charge in [0, 0.05) is 41.2 Å². The van der Waals surface area contributed by atoms with E-state index in [-0.39, 0.29) is 5.43 Å². The molecule has 3 nitrogen and oxygen atoms in total. The molecule has 2 rings (SSSR count). The summed E-state index contributed by atoms with van der Waals surface area (Å²) in [6, 6.07) is 8.80. The van der Waals surface area contributed by atoms with Crippen molar-refractivity contribution in [2.24, 2.45) is 0 Å². The number of nitrogens with two attached hydrogens (primary N) is 1. The quantitative estimate of drug-likeness (QED) is 0.857. The molecule has 0 atom stereocenters. The molecule has 1 heterocycles. The van der Waals surface area contributed by atoms with Gasteiger partial charge in [0.25, 0.3) is 0 Å². The summed E-state index contributed by atoms with van der Waals surface area (Å²) >= 11 is 3.46. The molecule has 0 fully saturated rings. The lowest BCUT2D eigenvalue weighted by molar-refractivity contribution is 0.786. The number of hydrogen-bond acceptors (Lipinski definition) is 2. The van der Waals surface area contributed by atoms with Crippen molar-refractivity contribution in [2.45, 2.75) is 6.54 Å². The van der Waals surface area contributed by atoms with E-state index in [0.717, 1.165) is 15.7 Å². The van der Waals surface area contributed by atoms with Crippen LogP contribution < -0.4 is 11.2 Å². The van der Waals surface area contributed by atoms with Crippen molar-refractivity contribution in [1.82, 2.24) is 4.57 Å². The summed E-state index contributed by atoms with van der Waals surface area (Å²) in [4.78, 5) is 10.9. The standard InChI is InChI=1S/C12H11BrN2O/c13-12-7-10(14)2-1-9(12)8-15-5-3-11(16)4-6-15/h1-7H,8,14H2. The number of hydrogen-bond donors (Lipinski definition) is 1. The lowest BCUT2D eigenvalue weighted by Gasteiger charge is -2.08. The molecule has 0 bridgehead atoms. The molecule has 1 aromatic carbocycles. The van der Waals surface area contributed by atoms with E-state index in [9.17, 15) is 4.79 Å². The Bertz CT molecular complexity index is 543. The molecule has 0 aliphatic heterocycles. The highest BCUT2D eigenvalue weighted by Crippen LogP contribution is 2.20. The third kappa shape index (κ3) is 2.52. The Labute approximate surface area is 102 Å². The number of aromatic nitrogens is 1. The summed E-state index contributed by atoms with van der Waals surface area (Å²) in [7, 11) is 0. The molecule has 0 saturated carbocycles. The number of nitrogens with zero attached hydrogens (tertiary/aromatic N) is 1. The molecule has 2 N–H and O–H groups in total. The van der Waals surface area contributed by atoms with E-state index in [1.165, 1.54) is 0 Å². The lowest BCUT2D eigenvalue weighted by atomic mass is 10.2. The maximum atomic E-state index is 10.9. The fourth-order valence-electron chi connectivity index (χ4n) is 1.44. The van der Waals surface area contributed by atoms with Gasteiger partial charge in [-0.05, 0) is 17.7 Å². The van der Waals surface area contributed by atoms with Gasteiger partial charge in [0.1, 0.15) is 0 Å². The van der Waals surface area contributed by atoms with Crippen LogP contribution in [0.5, 0.6) is 0 Å². The molecular formula is C12H11BrN2O. The fourth-order valence-corrected chi connectivity index (χ4v) is 1.96. The van der Waals surface area contributed by atoms with Gasteiger partial charge < -0.3 is 10.3 Å². The van der Waals surface area contributed by atoms with E-state index in [2.05, 4.69) is 15.9 Å². The first-order chi connectivity index (χ1) is 7.65. The number of pyridine rings is 1. The van der Waals surface area contributed by atoms with E-state index in [4.69, 9.17) is 5.73 Å². The zero-order valence-electron chi connectivity index (χ0n) is 8.56. The first kappa shape index (κ1) is 11.0. The van der Waals surface area contributed by atoms with Crippen molar-refractivity contribution >= 4 is 21.6 Å². The smallest absolute Gasteiger partial charge is 0.181 e. The Kier molecular flexibility index (Phi) is 3.10. The maximum Gasteiger partial charge on any atom is 0.181 e. The molecule has 2 aromatic rings. The van der Waals surface area contributed by atoms with Gasteiger partial charge in [-0.15, -0.1) is 0 Å². The van der Waals surface area contributed by atoms with Crippen LogP contribution in [0.15, 0.2) is 52.0 Å². The zero-order valence-corrected chi connectivity index (χ0v) is 10.1. The molecule has 1 aromatic heterocycles. The third-order valence-corrected chi connectivity index (χ3v) is 3.03. The van der Waals surface area contributed by atoms with Crippen LogP contribution in [-0.4, -0.2) is 4.57 Å². The van der Waals surface area contributed by atoms with Crippen LogP contribution in [0.4, 0.5) is 5.69 Å². The fraction of sp³-hybridized carbons (Fsp3) is 0.0833. The molecule has 0 radical (unpaired) electrons. The summed E-state index contributed by atoms with van der Waals surface area (Å²) in [6.45, 7) is 0.709. The van der Waals surface area contributed by atoms with E-state index >= 15 is 0 Å². The Hall–Kier alpha value is -1.55. The molecule has 16 heavy (non-hydrogen) atoms. The molecule has 0 unspecified atom stereocenters. The minimum absolute atomic E-state index is 0.0209. The molecule has 0 aliphatic rings. The SMILES string of the molecule is Nc1ccc(Cn2ccc(=O)cc2)c(Br)c1. The molecular weight excluding hydrogens is 268 g/mol. The van der Waals surface area contributed by atoms with Crippen LogP contribution in [-0.2, 0) is 6.54 Å². The maximum absolute atomic E-state index is 10.9. The molecule has 0 amide bonds. The Morgan fingerprint density at radius 2 is 1.88 bits per heavy atom. The van der Waals surface area contributed by atoms with Gasteiger partial charge in [0.05, 0.1) is 0 Å². The Balaban J connectivity index is 2.27. The van der Waals surface area contributed by atoms with Crippen molar-refractivity contribution in [3.63, 3.8) is 0 Å². The summed E-state index contributed by atoms with van der Waals surface area (Å²) in [6.07, 6.45) is 3.54. The van der Waals surface area contributed by atoms with Crippen LogP contribution in [0, 0.1) is 0 Å². The summed E-state index contributed by atoms with van der Waals surface area (Å²) in [5.74, 6) is 0. The summed E-state index contributed by atoms with van der Waals surface area (Å²) in [5, 5.41) is 0. The summed E-state index contributed by atoms with van der Waals surface area (Å²) in [5.41, 5.74) is 7.54. The monoisotopic (exact) mass is 278 g/mol. The van der Waals surface area contributed by atoms with Gasteiger partial charge in [-0.25, -0.2) is 0 Å². The second-order valence-electron chi connectivity index (χ2n) is 3.56. The first-order valence-corrected chi connectivity index (χ1v) is 5.64. The van der Waals surface area contributed by atoms with Gasteiger partial charge >= 0.3 is 0 Å². The number of benzene rings is 1. The van der Waals surface area contributed by atoms with E-state index in [1.807, 2.05) is 22.8 Å². The topological polar surface area (TPSA) is 48.0 Å². The second-order valence-corrected chi connectivity index (χ2v) is 4.41. The average molecular weight is 279 g/mol. The molecule has 82 valence electrons. The van der Waals surface area contributed by atoms with Gasteiger partial charge in [-0.3, -0.25) is 4.79 Å². The van der Waals surface area contributed by atoms with Crippen LogP contribution >= 0.6 is 15.9 Å². The van der Waals surface area contributed by atoms with Crippen LogP contribution in [0.25, 0.3) is 0 Å². The molecule has 0 saturated heterocycles. The second kappa shape index (κ2) is 4.53. The number of halogens is 1. The number of anilines is 1. The van der Waals surface area contributed by atoms with Gasteiger partial charge in [0.2, 0.25) is 0 Å². The van der Waals surface area contributed by atoms with E-state index in [1.54, 1.807) is 24.5 Å². The highest BCUT2D eigenvalue weighted by molar-refractivity contribution is 9.10. The van der Waals surface area contributed by atoms with Gasteiger partial charge in [0.15, 0.2) is 5.43 Å². The predicted octanol–water partition coefficient (Wildman–Crippen LogP) is 2.24. The Morgan fingerprint density at radius 3 is 2.50 bits per heavy atom. The van der Waals surface area contributed by atoms with Crippen molar-refractivity contribution < 1.29 is 0 Å². The van der Waals surface area contributed by atoms with E-state index < -0.39 is 0 Å². The highest BCUT2D eigenvalue weighted by Gasteiger charge is 2.00. The van der Waals surface area contributed by atoms with E-state index in [0.29, 0.717) is 6.54 Å². The van der Waals surface area contributed by atoms with Crippen LogP contribution in [0.2, 0.25) is 0 Å². The van der Waals surface area contributed by atoms with Crippen molar-refractivity contribution in [3.8, 4) is 0 Å². The predicted molar refractivity (Wildman–Crippen MR) is 68.4 cm³/mol.